The number of hydrogen-bond acceptors (Lipinski definition) is 8. The predicted octanol–water partition coefficient (Wildman–Crippen LogP) is 20.1. The van der Waals surface area contributed by atoms with E-state index in [0.29, 0.717) is 55.7 Å². The zero-order valence-electron chi connectivity index (χ0n) is 55.1. The lowest BCUT2D eigenvalue weighted by Gasteiger charge is -2.15. The van der Waals surface area contributed by atoms with Crippen molar-refractivity contribution in [3.63, 3.8) is 0 Å². The van der Waals surface area contributed by atoms with Gasteiger partial charge >= 0.3 is 12.4 Å². The monoisotopic (exact) mass is 1480 g/mol. The largest absolute Gasteiger partial charge is 0.434 e. The number of imidazole rings is 3. The minimum absolute atomic E-state index is 0.0403. The molecule has 29 heteroatoms. The number of nitrogens with zero attached hydrogens (tertiary/aromatic N) is 8. The second kappa shape index (κ2) is 29.8. The molecule has 0 fully saturated rings. The van der Waals surface area contributed by atoms with E-state index in [-0.39, 0.29) is 62.6 Å². The van der Waals surface area contributed by atoms with E-state index in [1.54, 1.807) is 72.5 Å². The zero-order valence-corrected chi connectivity index (χ0v) is 55.1. The molecule has 8 heterocycles. The van der Waals surface area contributed by atoms with Crippen molar-refractivity contribution in [1.82, 2.24) is 38.1 Å². The van der Waals surface area contributed by atoms with Gasteiger partial charge in [-0.15, -0.1) is 0 Å². The highest BCUT2D eigenvalue weighted by Crippen LogP contribution is 2.40. The van der Waals surface area contributed by atoms with Crippen molar-refractivity contribution in [2.24, 2.45) is 0 Å². The molecule has 0 atom stereocenters. The SMILES string of the molecule is Cc1ncc(-c2cccn3c(-c4cccc(F)c4F)ncc23)cc1C(=O)Nc1ccc(F)cc1.O=C(Nc1ccc(F)cc1)c1cc(-c2cccn3c(-c4cccc(F)c4F)ncc23)ccc1C(F)(F)F.O=C(Nc1ccc(F)cc1)c1cc(-c2cccn3c(-c4cccc(F)c4F)ncc23)cnc1C(F)(F)F. The highest BCUT2D eigenvalue weighted by Gasteiger charge is 2.39. The van der Waals surface area contributed by atoms with Crippen LogP contribution in [-0.2, 0) is 12.4 Å². The quantitative estimate of drug-likeness (QED) is 0.102. The number of amides is 3. The fourth-order valence-electron chi connectivity index (χ4n) is 11.7. The summed E-state index contributed by atoms with van der Waals surface area (Å²) in [5.74, 6) is -9.88. The summed E-state index contributed by atoms with van der Waals surface area (Å²) in [6.45, 7) is 1.72. The maximum absolute atomic E-state index is 14.4. The lowest BCUT2D eigenvalue weighted by Crippen LogP contribution is -2.20. The Hall–Kier alpha value is -13.7. The van der Waals surface area contributed by atoms with Crippen molar-refractivity contribution in [3.8, 4) is 67.5 Å². The minimum atomic E-state index is -4.93. The van der Waals surface area contributed by atoms with E-state index in [0.717, 1.165) is 66.9 Å². The van der Waals surface area contributed by atoms with Gasteiger partial charge in [0.25, 0.3) is 17.7 Å². The fourth-order valence-corrected chi connectivity index (χ4v) is 11.7. The van der Waals surface area contributed by atoms with Gasteiger partial charge in [0.05, 0.1) is 79.8 Å². The summed E-state index contributed by atoms with van der Waals surface area (Å²) in [4.78, 5) is 59.2. The number of anilines is 3. The first kappa shape index (κ1) is 72.6. The number of nitrogens with one attached hydrogen (secondary N) is 3. The Morgan fingerprint density at radius 2 is 0.667 bits per heavy atom. The van der Waals surface area contributed by atoms with Crippen LogP contribution in [0.15, 0.2) is 244 Å². The van der Waals surface area contributed by atoms with Gasteiger partial charge in [-0.3, -0.25) is 37.6 Å². The highest BCUT2D eigenvalue weighted by atomic mass is 19.4. The number of fused-ring (bicyclic) bond motifs is 3. The standard InChI is InChI=1S/C27H15F6N3O.C26H14F6N4O.C26H17F3N4O/c28-16-7-9-17(10-8-16)35-26(37)20-13-15(6-11-21(20)27(31,32)33)18-4-2-12-36-23(18)14-34-25(36)19-3-1-5-22(29)24(19)30;27-15-6-8-16(9-7-15)35-25(37)19-11-14(12-33-23(19)26(30,31)32)17-4-2-10-36-21(17)13-34-24(36)18-3-1-5-20(28)22(18)29;1-15-21(26(34)32-18-9-7-17(27)8-10-18)12-16(13-30-15)19-5-3-11-33-23(19)14-31-25(33)20-4-2-6-22(28)24(20)29/h1-14H,(H,35,37);1-13H,(H,35,37);2-14H,1H3,(H,32,34). The Morgan fingerprint density at radius 1 is 0.333 bits per heavy atom. The molecule has 7 aromatic carbocycles. The maximum Gasteiger partial charge on any atom is 0.434 e. The summed E-state index contributed by atoms with van der Waals surface area (Å²) in [6, 6.07) is 41.5. The van der Waals surface area contributed by atoms with Crippen LogP contribution >= 0.6 is 0 Å². The molecule has 0 spiro atoms. The highest BCUT2D eigenvalue weighted by molar-refractivity contribution is 6.08. The smallest absolute Gasteiger partial charge is 0.322 e. The van der Waals surface area contributed by atoms with Gasteiger partial charge in [-0.25, -0.2) is 54.5 Å². The number of aryl methyl sites for hydroxylation is 1. The van der Waals surface area contributed by atoms with Crippen molar-refractivity contribution in [1.29, 1.82) is 0 Å². The molecule has 0 bridgehead atoms. The molecule has 0 saturated heterocycles. The first-order valence-electron chi connectivity index (χ1n) is 31.9. The predicted molar refractivity (Wildman–Crippen MR) is 371 cm³/mol. The first-order chi connectivity index (χ1) is 51.7. The summed E-state index contributed by atoms with van der Waals surface area (Å²) < 4.78 is 211. The summed E-state index contributed by atoms with van der Waals surface area (Å²) in [5, 5.41) is 7.40. The molecular formula is C79H46F15N11O3. The Bertz CT molecular complexity index is 5740. The molecular weight excluding hydrogens is 1440 g/mol. The average Bonchev–Trinajstić information content (AvgIpc) is 1.60. The number of pyridine rings is 5. The third-order valence-corrected chi connectivity index (χ3v) is 16.8. The van der Waals surface area contributed by atoms with Crippen molar-refractivity contribution in [2.75, 3.05) is 16.0 Å². The Balaban J connectivity index is 0.000000143. The van der Waals surface area contributed by atoms with E-state index < -0.39 is 98.9 Å². The van der Waals surface area contributed by atoms with Crippen LogP contribution in [0.4, 0.5) is 82.9 Å². The van der Waals surface area contributed by atoms with Gasteiger partial charge in [0, 0.05) is 75.9 Å². The molecule has 0 saturated carbocycles. The first-order valence-corrected chi connectivity index (χ1v) is 31.9. The molecule has 108 heavy (non-hydrogen) atoms. The van der Waals surface area contributed by atoms with Crippen molar-refractivity contribution in [2.45, 2.75) is 19.3 Å². The van der Waals surface area contributed by atoms with Crippen molar-refractivity contribution in [3.05, 3.63) is 330 Å². The average molecular weight is 1480 g/mol. The van der Waals surface area contributed by atoms with Gasteiger partial charge in [0.1, 0.15) is 34.9 Å². The number of benzene rings is 7. The van der Waals surface area contributed by atoms with Gasteiger partial charge in [-0.05, 0) is 164 Å². The van der Waals surface area contributed by atoms with Gasteiger partial charge < -0.3 is 16.0 Å². The van der Waals surface area contributed by atoms with Crippen molar-refractivity contribution >= 4 is 51.3 Å². The maximum atomic E-state index is 14.4. The van der Waals surface area contributed by atoms with Gasteiger partial charge in [-0.1, -0.05) is 42.5 Å². The summed E-state index contributed by atoms with van der Waals surface area (Å²) >= 11 is 0. The van der Waals surface area contributed by atoms with Crippen LogP contribution in [0.3, 0.4) is 0 Å². The minimum Gasteiger partial charge on any atom is -0.322 e. The molecule has 3 N–H and O–H groups in total. The number of aromatic nitrogens is 8. The molecule has 0 aliphatic rings. The van der Waals surface area contributed by atoms with Crippen molar-refractivity contribution < 1.29 is 80.2 Å². The molecule has 0 radical (unpaired) electrons. The number of carbonyl (C=O) groups excluding carboxylic acids is 3. The van der Waals surface area contributed by atoms with Crippen LogP contribution < -0.4 is 16.0 Å². The van der Waals surface area contributed by atoms with Crippen LogP contribution in [0.2, 0.25) is 0 Å². The third-order valence-electron chi connectivity index (χ3n) is 16.8. The Morgan fingerprint density at radius 3 is 1.05 bits per heavy atom. The molecule has 14 nitrogen and oxygen atoms in total. The lowest BCUT2D eigenvalue weighted by molar-refractivity contribution is -0.141. The molecule has 0 aliphatic carbocycles. The van der Waals surface area contributed by atoms with E-state index in [2.05, 4.69) is 40.9 Å². The number of alkyl halides is 6. The van der Waals surface area contributed by atoms with E-state index in [4.69, 9.17) is 0 Å². The van der Waals surface area contributed by atoms with Gasteiger partial charge in [0.2, 0.25) is 0 Å². The summed E-state index contributed by atoms with van der Waals surface area (Å²) in [7, 11) is 0. The Labute approximate surface area is 599 Å². The van der Waals surface area contributed by atoms with E-state index >= 15 is 0 Å². The van der Waals surface area contributed by atoms with Crippen LogP contribution in [0.5, 0.6) is 0 Å². The van der Waals surface area contributed by atoms with E-state index in [1.807, 2.05) is 6.07 Å². The second-order valence-corrected chi connectivity index (χ2v) is 23.7. The normalized spacial score (nSPS) is 11.4. The van der Waals surface area contributed by atoms with E-state index in [1.165, 1.54) is 118 Å². The van der Waals surface area contributed by atoms with Crippen LogP contribution in [-0.4, -0.2) is 55.8 Å². The third kappa shape index (κ3) is 15.0. The molecule has 3 amide bonds. The number of halogens is 15. The number of hydrogen-bond donors (Lipinski definition) is 3. The van der Waals surface area contributed by atoms with Gasteiger partial charge in [-0.2, -0.15) is 26.3 Å². The van der Waals surface area contributed by atoms with Crippen LogP contribution in [0.1, 0.15) is 48.0 Å². The summed E-state index contributed by atoms with van der Waals surface area (Å²) in [5.41, 5.74) is 1.29. The molecule has 15 rings (SSSR count). The fraction of sp³-hybridized carbons (Fsp3) is 0.0380. The Kier molecular flexibility index (Phi) is 20.0. The van der Waals surface area contributed by atoms with Crippen LogP contribution in [0.25, 0.3) is 84.1 Å². The molecule has 8 aromatic heterocycles. The molecule has 0 unspecified atom stereocenters. The van der Waals surface area contributed by atoms with E-state index in [9.17, 15) is 80.2 Å². The molecule has 0 aliphatic heterocycles. The topological polar surface area (TPSA) is 165 Å². The number of carbonyl (C=O) groups is 3. The van der Waals surface area contributed by atoms with Crippen LogP contribution in [0, 0.1) is 59.3 Å². The summed E-state index contributed by atoms with van der Waals surface area (Å²) in [6.07, 6.45) is 1.93. The molecule has 15 aromatic rings. The number of rotatable bonds is 12. The zero-order chi connectivity index (χ0) is 76.5. The molecule has 540 valence electrons. The lowest BCUT2D eigenvalue weighted by atomic mass is 9.98. The van der Waals surface area contributed by atoms with Gasteiger partial charge in [0.15, 0.2) is 40.6 Å². The second-order valence-electron chi connectivity index (χ2n) is 23.7.